The molecule has 2 amide bonds. The second-order valence-corrected chi connectivity index (χ2v) is 6.10. The molecule has 1 fully saturated rings. The summed E-state index contributed by atoms with van der Waals surface area (Å²) in [7, 11) is 3.52. The lowest BCUT2D eigenvalue weighted by molar-refractivity contribution is 0.189. The summed E-state index contributed by atoms with van der Waals surface area (Å²) < 4.78 is 7.02. The molecule has 24 heavy (non-hydrogen) atoms. The van der Waals surface area contributed by atoms with Crippen LogP contribution < -0.4 is 10.1 Å². The third kappa shape index (κ3) is 3.20. The molecule has 2 heterocycles. The van der Waals surface area contributed by atoms with Crippen LogP contribution in [0.2, 0.25) is 0 Å². The lowest BCUT2D eigenvalue weighted by Crippen LogP contribution is -2.41. The lowest BCUT2D eigenvalue weighted by atomic mass is 10.0. The quantitative estimate of drug-likeness (QED) is 0.935. The van der Waals surface area contributed by atoms with Crippen molar-refractivity contribution in [1.82, 2.24) is 25.0 Å². The Morgan fingerprint density at radius 3 is 2.75 bits per heavy atom. The van der Waals surface area contributed by atoms with Crippen molar-refractivity contribution in [3.8, 4) is 5.75 Å². The summed E-state index contributed by atoms with van der Waals surface area (Å²) in [6.45, 7) is 2.68. The Labute approximate surface area is 141 Å². The minimum absolute atomic E-state index is 0.0659. The number of aromatic nitrogens is 3. The molecule has 7 nitrogen and oxygen atoms in total. The first-order chi connectivity index (χ1) is 11.6. The van der Waals surface area contributed by atoms with Gasteiger partial charge in [0, 0.05) is 13.6 Å². The highest BCUT2D eigenvalue weighted by Crippen LogP contribution is 2.33. The molecule has 2 aromatic rings. The van der Waals surface area contributed by atoms with Crippen molar-refractivity contribution in [2.75, 3.05) is 13.7 Å². The maximum absolute atomic E-state index is 12.7. The molecular formula is C17H23N5O2. The van der Waals surface area contributed by atoms with Crippen LogP contribution in [-0.4, -0.2) is 39.4 Å². The highest BCUT2D eigenvalue weighted by Gasteiger charge is 2.31. The minimum atomic E-state index is -0.192. The molecule has 2 atom stereocenters. The number of ether oxygens (including phenoxy) is 1. The molecule has 1 aliphatic heterocycles. The standard InChI is InChI=1S/C17H23N5O2/c1-12(16-20-18-11-21(16)2)19-17(23)22-10-4-5-15(22)13-6-8-14(24-3)9-7-13/h6-9,11-12,15H,4-5,10H2,1-3H3,(H,19,23)/t12-,15-/m0/s1. The topological polar surface area (TPSA) is 72.3 Å². The molecule has 0 radical (unpaired) electrons. The minimum Gasteiger partial charge on any atom is -0.497 e. The van der Waals surface area contributed by atoms with Crippen LogP contribution in [0.5, 0.6) is 5.75 Å². The Balaban J connectivity index is 1.70. The van der Waals surface area contributed by atoms with Crippen molar-refractivity contribution in [2.45, 2.75) is 31.8 Å². The Morgan fingerprint density at radius 2 is 2.12 bits per heavy atom. The number of methoxy groups -OCH3 is 1. The van der Waals surface area contributed by atoms with Gasteiger partial charge in [-0.2, -0.15) is 0 Å². The van der Waals surface area contributed by atoms with E-state index in [1.54, 1.807) is 13.4 Å². The van der Waals surface area contributed by atoms with Gasteiger partial charge in [0.2, 0.25) is 0 Å². The van der Waals surface area contributed by atoms with Crippen LogP contribution in [0, 0.1) is 0 Å². The molecule has 7 heteroatoms. The SMILES string of the molecule is COc1ccc([C@@H]2CCCN2C(=O)N[C@@H](C)c2nncn2C)cc1. The largest absolute Gasteiger partial charge is 0.497 e. The highest BCUT2D eigenvalue weighted by molar-refractivity contribution is 5.75. The summed E-state index contributed by atoms with van der Waals surface area (Å²) in [4.78, 5) is 14.6. The fraction of sp³-hybridized carbons (Fsp3) is 0.471. The smallest absolute Gasteiger partial charge is 0.318 e. The molecule has 1 saturated heterocycles. The van der Waals surface area contributed by atoms with Crippen LogP contribution in [0.4, 0.5) is 4.79 Å². The normalized spacial score (nSPS) is 18.5. The number of nitrogens with one attached hydrogen (secondary N) is 1. The van der Waals surface area contributed by atoms with Gasteiger partial charge in [-0.05, 0) is 37.5 Å². The summed E-state index contributed by atoms with van der Waals surface area (Å²) in [5.41, 5.74) is 1.13. The number of urea groups is 1. The first-order valence-corrected chi connectivity index (χ1v) is 8.15. The Hall–Kier alpha value is -2.57. The Bertz CT molecular complexity index is 697. The zero-order valence-electron chi connectivity index (χ0n) is 14.3. The van der Waals surface area contributed by atoms with Crippen LogP contribution in [0.3, 0.4) is 0 Å². The van der Waals surface area contributed by atoms with E-state index in [4.69, 9.17) is 4.74 Å². The average Bonchev–Trinajstić information content (AvgIpc) is 3.23. The second kappa shape index (κ2) is 6.90. The van der Waals surface area contributed by atoms with Gasteiger partial charge >= 0.3 is 6.03 Å². The van der Waals surface area contributed by atoms with E-state index in [2.05, 4.69) is 15.5 Å². The van der Waals surface area contributed by atoms with Gasteiger partial charge in [-0.25, -0.2) is 4.79 Å². The number of benzene rings is 1. The molecule has 0 saturated carbocycles. The van der Waals surface area contributed by atoms with Crippen molar-refractivity contribution in [2.24, 2.45) is 7.05 Å². The van der Waals surface area contributed by atoms with Crippen LogP contribution in [0.25, 0.3) is 0 Å². The van der Waals surface area contributed by atoms with Crippen molar-refractivity contribution in [3.63, 3.8) is 0 Å². The third-order valence-corrected chi connectivity index (χ3v) is 4.49. The number of aryl methyl sites for hydroxylation is 1. The van der Waals surface area contributed by atoms with E-state index in [0.717, 1.165) is 36.5 Å². The van der Waals surface area contributed by atoms with Gasteiger partial charge in [0.25, 0.3) is 0 Å². The zero-order chi connectivity index (χ0) is 17.1. The van der Waals surface area contributed by atoms with Crippen LogP contribution in [0.1, 0.15) is 43.2 Å². The Morgan fingerprint density at radius 1 is 1.38 bits per heavy atom. The molecule has 1 aromatic carbocycles. The van der Waals surface area contributed by atoms with E-state index in [0.29, 0.717) is 0 Å². The molecule has 0 spiro atoms. The Kier molecular flexibility index (Phi) is 4.69. The fourth-order valence-corrected chi connectivity index (χ4v) is 3.20. The number of carbonyl (C=O) groups excluding carboxylic acids is 1. The van der Waals surface area contributed by atoms with Crippen molar-refractivity contribution in [1.29, 1.82) is 0 Å². The van der Waals surface area contributed by atoms with Gasteiger partial charge in [-0.3, -0.25) is 0 Å². The van der Waals surface area contributed by atoms with E-state index in [1.807, 2.05) is 47.7 Å². The first-order valence-electron chi connectivity index (χ1n) is 8.15. The average molecular weight is 329 g/mol. The molecule has 1 N–H and O–H groups in total. The highest BCUT2D eigenvalue weighted by atomic mass is 16.5. The predicted molar refractivity (Wildman–Crippen MR) is 89.6 cm³/mol. The predicted octanol–water partition coefficient (Wildman–Crippen LogP) is 2.43. The van der Waals surface area contributed by atoms with Crippen molar-refractivity contribution >= 4 is 6.03 Å². The molecule has 3 rings (SSSR count). The third-order valence-electron chi connectivity index (χ3n) is 4.49. The van der Waals surface area contributed by atoms with Gasteiger partial charge in [-0.15, -0.1) is 10.2 Å². The van der Waals surface area contributed by atoms with Crippen LogP contribution >= 0.6 is 0 Å². The van der Waals surface area contributed by atoms with Crippen molar-refractivity contribution < 1.29 is 9.53 Å². The van der Waals surface area contributed by atoms with Gasteiger partial charge in [0.15, 0.2) is 5.82 Å². The molecule has 1 aromatic heterocycles. The van der Waals surface area contributed by atoms with Crippen LogP contribution in [-0.2, 0) is 7.05 Å². The summed E-state index contributed by atoms with van der Waals surface area (Å²) in [5, 5.41) is 10.9. The number of likely N-dealkylation sites (tertiary alicyclic amines) is 1. The van der Waals surface area contributed by atoms with Crippen LogP contribution in [0.15, 0.2) is 30.6 Å². The van der Waals surface area contributed by atoms with E-state index in [9.17, 15) is 4.79 Å². The van der Waals surface area contributed by atoms with Gasteiger partial charge in [0.05, 0.1) is 19.2 Å². The molecule has 128 valence electrons. The van der Waals surface area contributed by atoms with E-state index in [1.165, 1.54) is 0 Å². The summed E-state index contributed by atoms with van der Waals surface area (Å²) in [5.74, 6) is 1.56. The number of amides is 2. The monoisotopic (exact) mass is 329 g/mol. The van der Waals surface area contributed by atoms with Gasteiger partial charge in [-0.1, -0.05) is 12.1 Å². The molecule has 0 unspecified atom stereocenters. The lowest BCUT2D eigenvalue weighted by Gasteiger charge is -2.27. The number of hydrogen-bond donors (Lipinski definition) is 1. The number of hydrogen-bond acceptors (Lipinski definition) is 4. The summed E-state index contributed by atoms with van der Waals surface area (Å²) in [6, 6.07) is 7.77. The summed E-state index contributed by atoms with van der Waals surface area (Å²) >= 11 is 0. The van der Waals surface area contributed by atoms with E-state index < -0.39 is 0 Å². The second-order valence-electron chi connectivity index (χ2n) is 6.10. The molecule has 0 aliphatic carbocycles. The number of carbonyl (C=O) groups is 1. The summed E-state index contributed by atoms with van der Waals surface area (Å²) in [6.07, 6.45) is 3.61. The first kappa shape index (κ1) is 16.3. The number of nitrogens with zero attached hydrogens (tertiary/aromatic N) is 4. The maximum Gasteiger partial charge on any atom is 0.318 e. The maximum atomic E-state index is 12.7. The molecular weight excluding hydrogens is 306 g/mol. The van der Waals surface area contributed by atoms with Gasteiger partial charge < -0.3 is 19.5 Å². The molecule has 0 bridgehead atoms. The van der Waals surface area contributed by atoms with Gasteiger partial charge in [0.1, 0.15) is 12.1 Å². The number of rotatable bonds is 4. The zero-order valence-corrected chi connectivity index (χ0v) is 14.3. The van der Waals surface area contributed by atoms with E-state index >= 15 is 0 Å². The van der Waals surface area contributed by atoms with Crippen molar-refractivity contribution in [3.05, 3.63) is 42.0 Å². The molecule has 1 aliphatic rings. The van der Waals surface area contributed by atoms with E-state index in [-0.39, 0.29) is 18.1 Å². The fourth-order valence-electron chi connectivity index (χ4n) is 3.20.